The number of hydrogen-bond donors (Lipinski definition) is 3. The highest BCUT2D eigenvalue weighted by atomic mass is 16.7. The van der Waals surface area contributed by atoms with Crippen LogP contribution in [0.25, 0.3) is 0 Å². The third-order valence-corrected chi connectivity index (χ3v) is 4.41. The molecule has 3 fully saturated rings. The fraction of sp³-hybridized carbons (Fsp3) is 1.00. The maximum atomic E-state index is 10.9. The van der Waals surface area contributed by atoms with Gasteiger partial charge in [0.25, 0.3) is 0 Å². The van der Waals surface area contributed by atoms with E-state index in [0.717, 1.165) is 0 Å². The van der Waals surface area contributed by atoms with E-state index in [1.807, 2.05) is 13.8 Å². The molecule has 6 heteroatoms. The van der Waals surface area contributed by atoms with Crippen molar-refractivity contribution in [2.75, 3.05) is 6.61 Å². The van der Waals surface area contributed by atoms with Crippen molar-refractivity contribution in [3.05, 3.63) is 0 Å². The summed E-state index contributed by atoms with van der Waals surface area (Å²) >= 11 is 0. The highest BCUT2D eigenvalue weighted by Gasteiger charge is 2.76. The number of hydrogen-bond acceptors (Lipinski definition) is 6. The fourth-order valence-corrected chi connectivity index (χ4v) is 3.08. The Kier molecular flexibility index (Phi) is 2.59. The van der Waals surface area contributed by atoms with Crippen molar-refractivity contribution < 1.29 is 29.5 Å². The molecule has 3 aliphatic heterocycles. The van der Waals surface area contributed by atoms with Crippen molar-refractivity contribution in [3.8, 4) is 0 Å². The molecule has 0 aliphatic carbocycles. The zero-order valence-electron chi connectivity index (χ0n) is 10.7. The van der Waals surface area contributed by atoms with E-state index in [4.69, 9.17) is 14.2 Å². The lowest BCUT2D eigenvalue weighted by Gasteiger charge is -2.40. The minimum Gasteiger partial charge on any atom is -0.393 e. The van der Waals surface area contributed by atoms with Gasteiger partial charge in [-0.05, 0) is 20.8 Å². The van der Waals surface area contributed by atoms with E-state index < -0.39 is 36.1 Å². The molecule has 6 nitrogen and oxygen atoms in total. The van der Waals surface area contributed by atoms with Crippen LogP contribution in [0, 0.1) is 0 Å². The summed E-state index contributed by atoms with van der Waals surface area (Å²) in [5, 5.41) is 31.2. The van der Waals surface area contributed by atoms with Gasteiger partial charge >= 0.3 is 0 Å². The van der Waals surface area contributed by atoms with E-state index in [-0.39, 0.29) is 18.3 Å². The molecular formula is C12H20O6. The Bertz CT molecular complexity index is 344. The van der Waals surface area contributed by atoms with Crippen LogP contribution >= 0.6 is 0 Å². The number of epoxide rings is 3. The van der Waals surface area contributed by atoms with Crippen LogP contribution in [0.4, 0.5) is 0 Å². The highest BCUT2D eigenvalue weighted by Crippen LogP contribution is 2.52. The SMILES string of the molecule is CC1OC1C(O)(CO)C(O)(C1OC1C)C1OC1C. The van der Waals surface area contributed by atoms with Crippen molar-refractivity contribution in [1.82, 2.24) is 0 Å². The van der Waals surface area contributed by atoms with Gasteiger partial charge in [0.2, 0.25) is 0 Å². The molecule has 0 spiro atoms. The number of rotatable bonds is 5. The average Bonchev–Trinajstić information content (AvgIpc) is 3.19. The minimum absolute atomic E-state index is 0.154. The fourth-order valence-electron chi connectivity index (χ4n) is 3.08. The summed E-state index contributed by atoms with van der Waals surface area (Å²) in [4.78, 5) is 0. The predicted molar refractivity (Wildman–Crippen MR) is 60.0 cm³/mol. The topological polar surface area (TPSA) is 98.3 Å². The molecule has 18 heavy (non-hydrogen) atoms. The molecule has 3 aliphatic rings. The zero-order valence-corrected chi connectivity index (χ0v) is 10.7. The Morgan fingerprint density at radius 1 is 0.833 bits per heavy atom. The summed E-state index contributed by atoms with van der Waals surface area (Å²) in [6.45, 7) is 4.84. The number of ether oxygens (including phenoxy) is 3. The Morgan fingerprint density at radius 3 is 1.39 bits per heavy atom. The normalized spacial score (nSPS) is 52.3. The van der Waals surface area contributed by atoms with Gasteiger partial charge in [-0.25, -0.2) is 0 Å². The molecular weight excluding hydrogens is 240 g/mol. The largest absolute Gasteiger partial charge is 0.393 e. The van der Waals surface area contributed by atoms with Crippen LogP contribution in [-0.4, -0.2) is 69.8 Å². The van der Waals surface area contributed by atoms with Gasteiger partial charge in [-0.15, -0.1) is 0 Å². The van der Waals surface area contributed by atoms with E-state index in [1.165, 1.54) is 0 Å². The Hall–Kier alpha value is -0.240. The van der Waals surface area contributed by atoms with Crippen LogP contribution in [0.5, 0.6) is 0 Å². The van der Waals surface area contributed by atoms with Crippen molar-refractivity contribution in [2.24, 2.45) is 0 Å². The first-order valence-electron chi connectivity index (χ1n) is 6.38. The summed E-state index contributed by atoms with van der Waals surface area (Å²) in [7, 11) is 0. The first-order valence-corrected chi connectivity index (χ1v) is 6.38. The van der Waals surface area contributed by atoms with Crippen LogP contribution in [-0.2, 0) is 14.2 Å². The molecule has 0 aromatic rings. The maximum absolute atomic E-state index is 10.9. The van der Waals surface area contributed by atoms with Gasteiger partial charge in [-0.2, -0.15) is 0 Å². The molecule has 7 unspecified atom stereocenters. The lowest BCUT2D eigenvalue weighted by molar-refractivity contribution is -0.201. The van der Waals surface area contributed by atoms with Gasteiger partial charge in [0.1, 0.15) is 23.9 Å². The summed E-state index contributed by atoms with van der Waals surface area (Å²) in [5.74, 6) is 0. The number of aliphatic hydroxyl groups is 3. The van der Waals surface area contributed by atoms with Crippen molar-refractivity contribution >= 4 is 0 Å². The lowest BCUT2D eigenvalue weighted by Crippen LogP contribution is -2.67. The predicted octanol–water partition coefficient (Wildman–Crippen LogP) is -1.20. The minimum atomic E-state index is -1.75. The van der Waals surface area contributed by atoms with E-state index in [1.54, 1.807) is 6.92 Å². The molecule has 3 saturated heterocycles. The third kappa shape index (κ3) is 1.51. The van der Waals surface area contributed by atoms with Gasteiger partial charge in [-0.3, -0.25) is 0 Å². The van der Waals surface area contributed by atoms with Gasteiger partial charge in [0.15, 0.2) is 5.60 Å². The zero-order chi connectivity index (χ0) is 13.3. The van der Waals surface area contributed by atoms with Crippen LogP contribution < -0.4 is 0 Å². The van der Waals surface area contributed by atoms with Gasteiger partial charge < -0.3 is 29.5 Å². The molecule has 3 heterocycles. The molecule has 0 saturated carbocycles. The van der Waals surface area contributed by atoms with Crippen molar-refractivity contribution in [2.45, 2.75) is 68.6 Å². The van der Waals surface area contributed by atoms with Crippen LogP contribution in [0.15, 0.2) is 0 Å². The van der Waals surface area contributed by atoms with E-state index in [0.29, 0.717) is 0 Å². The summed E-state index contributed by atoms with van der Waals surface area (Å²) in [6.07, 6.45) is -2.13. The Balaban J connectivity index is 1.92. The first-order chi connectivity index (χ1) is 8.36. The molecule has 0 aromatic heterocycles. The maximum Gasteiger partial charge on any atom is 0.155 e. The molecule has 7 atom stereocenters. The van der Waals surface area contributed by atoms with Gasteiger partial charge in [-0.1, -0.05) is 0 Å². The molecule has 3 N–H and O–H groups in total. The summed E-state index contributed by atoms with van der Waals surface area (Å²) in [5.41, 5.74) is -3.38. The molecule has 0 aromatic carbocycles. The highest BCUT2D eigenvalue weighted by molar-refractivity contribution is 5.24. The lowest BCUT2D eigenvalue weighted by atomic mass is 9.73. The second kappa shape index (κ2) is 3.65. The molecule has 104 valence electrons. The Labute approximate surface area is 105 Å². The standard InChI is InChI=1S/C12H20O6/c1-5-8(16-5)11(14,4-13)12(15,9-6(2)17-9)10-7(3)18-10/h5-10,13-15H,4H2,1-3H3. The van der Waals surface area contributed by atoms with Crippen LogP contribution in [0.1, 0.15) is 20.8 Å². The number of aliphatic hydroxyl groups excluding tert-OH is 1. The average molecular weight is 260 g/mol. The quantitative estimate of drug-likeness (QED) is 0.537. The van der Waals surface area contributed by atoms with Crippen LogP contribution in [0.3, 0.4) is 0 Å². The third-order valence-electron chi connectivity index (χ3n) is 4.41. The van der Waals surface area contributed by atoms with E-state index in [2.05, 4.69) is 0 Å². The van der Waals surface area contributed by atoms with Crippen molar-refractivity contribution in [3.63, 3.8) is 0 Å². The monoisotopic (exact) mass is 260 g/mol. The molecule has 0 amide bonds. The van der Waals surface area contributed by atoms with Gasteiger partial charge in [0, 0.05) is 0 Å². The second-order valence-corrected chi connectivity index (χ2v) is 5.69. The van der Waals surface area contributed by atoms with Crippen molar-refractivity contribution in [1.29, 1.82) is 0 Å². The molecule has 0 radical (unpaired) electrons. The second-order valence-electron chi connectivity index (χ2n) is 5.69. The van der Waals surface area contributed by atoms with Crippen LogP contribution in [0.2, 0.25) is 0 Å². The summed E-state index contributed by atoms with van der Waals surface area (Å²) in [6, 6.07) is 0. The summed E-state index contributed by atoms with van der Waals surface area (Å²) < 4.78 is 15.9. The van der Waals surface area contributed by atoms with Gasteiger partial charge in [0.05, 0.1) is 24.9 Å². The smallest absolute Gasteiger partial charge is 0.155 e. The first kappa shape index (κ1) is 12.8. The Morgan fingerprint density at radius 2 is 1.17 bits per heavy atom. The molecule has 3 rings (SSSR count). The molecule has 0 bridgehead atoms. The van der Waals surface area contributed by atoms with E-state index >= 15 is 0 Å². The van der Waals surface area contributed by atoms with E-state index in [9.17, 15) is 15.3 Å².